The Morgan fingerprint density at radius 3 is 2.52 bits per heavy atom. The second-order valence-corrected chi connectivity index (χ2v) is 7.35. The van der Waals surface area contributed by atoms with E-state index in [1.165, 1.54) is 38.6 Å². The van der Waals surface area contributed by atoms with E-state index in [0.717, 1.165) is 26.3 Å². The molecular formula is C17H35N3O. The summed E-state index contributed by atoms with van der Waals surface area (Å²) in [4.78, 5) is 4.99. The van der Waals surface area contributed by atoms with Gasteiger partial charge in [0.05, 0.1) is 6.61 Å². The van der Waals surface area contributed by atoms with Crippen LogP contribution in [-0.4, -0.2) is 75.4 Å². The van der Waals surface area contributed by atoms with Gasteiger partial charge in [-0.1, -0.05) is 6.92 Å². The minimum absolute atomic E-state index is 0.427. The molecule has 0 amide bonds. The molecule has 2 unspecified atom stereocenters. The number of hydrogen-bond acceptors (Lipinski definition) is 4. The average Bonchev–Trinajstić information content (AvgIpc) is 2.92. The van der Waals surface area contributed by atoms with Gasteiger partial charge in [0.25, 0.3) is 0 Å². The molecule has 4 nitrogen and oxygen atoms in total. The van der Waals surface area contributed by atoms with Crippen LogP contribution in [0.25, 0.3) is 0 Å². The highest BCUT2D eigenvalue weighted by atomic mass is 16.5. The van der Waals surface area contributed by atoms with E-state index in [9.17, 15) is 0 Å². The van der Waals surface area contributed by atoms with Gasteiger partial charge in [0.15, 0.2) is 0 Å². The minimum atomic E-state index is 0.427. The molecule has 124 valence electrons. The molecule has 1 saturated heterocycles. The third kappa shape index (κ3) is 4.41. The van der Waals surface area contributed by atoms with Crippen LogP contribution in [-0.2, 0) is 4.74 Å². The fourth-order valence-corrected chi connectivity index (χ4v) is 3.81. The van der Waals surface area contributed by atoms with Gasteiger partial charge in [-0.05, 0) is 59.8 Å². The summed E-state index contributed by atoms with van der Waals surface area (Å²) in [6, 6.07) is 0.580. The van der Waals surface area contributed by atoms with Crippen molar-refractivity contribution in [3.05, 3.63) is 0 Å². The minimum Gasteiger partial charge on any atom is -0.381 e. The first-order chi connectivity index (χ1) is 10.1. The Morgan fingerprint density at radius 2 is 2.05 bits per heavy atom. The zero-order valence-corrected chi connectivity index (χ0v) is 14.5. The lowest BCUT2D eigenvalue weighted by atomic mass is 9.75. The van der Waals surface area contributed by atoms with Crippen LogP contribution in [0.1, 0.15) is 39.0 Å². The number of hydrogen-bond donors (Lipinski definition) is 1. The maximum Gasteiger partial charge on any atom is 0.0510 e. The maximum absolute atomic E-state index is 5.60. The van der Waals surface area contributed by atoms with E-state index in [2.05, 4.69) is 43.2 Å². The molecule has 0 aromatic heterocycles. The van der Waals surface area contributed by atoms with Crippen molar-refractivity contribution in [1.29, 1.82) is 0 Å². The summed E-state index contributed by atoms with van der Waals surface area (Å²) < 4.78 is 5.60. The lowest BCUT2D eigenvalue weighted by Crippen LogP contribution is -2.58. The standard InChI is InChI=1S/C17H35N3O/c1-5-10-18-16(15-7-11-21-13-15)12-20(4)14-17(19(2)3)8-6-9-17/h15-16,18H,5-14H2,1-4H3. The number of nitrogens with one attached hydrogen (secondary N) is 1. The maximum atomic E-state index is 5.60. The summed E-state index contributed by atoms with van der Waals surface area (Å²) in [6.45, 7) is 7.58. The average molecular weight is 297 g/mol. The van der Waals surface area contributed by atoms with Crippen molar-refractivity contribution < 1.29 is 4.74 Å². The van der Waals surface area contributed by atoms with Crippen LogP contribution in [0.5, 0.6) is 0 Å². The van der Waals surface area contributed by atoms with E-state index in [-0.39, 0.29) is 0 Å². The fraction of sp³-hybridized carbons (Fsp3) is 1.00. The Hall–Kier alpha value is -0.160. The van der Waals surface area contributed by atoms with Crippen LogP contribution >= 0.6 is 0 Å². The molecule has 2 aliphatic rings. The molecule has 1 aliphatic heterocycles. The normalized spacial score (nSPS) is 26.3. The highest BCUT2D eigenvalue weighted by Gasteiger charge is 2.40. The Labute approximate surface area is 131 Å². The first-order valence-electron chi connectivity index (χ1n) is 8.74. The lowest BCUT2D eigenvalue weighted by Gasteiger charge is -2.49. The van der Waals surface area contributed by atoms with Crippen LogP contribution in [0.2, 0.25) is 0 Å². The van der Waals surface area contributed by atoms with Crippen molar-refractivity contribution in [1.82, 2.24) is 15.1 Å². The van der Waals surface area contributed by atoms with E-state index >= 15 is 0 Å². The summed E-state index contributed by atoms with van der Waals surface area (Å²) in [5.74, 6) is 0.690. The van der Waals surface area contributed by atoms with Gasteiger partial charge < -0.3 is 19.9 Å². The molecule has 2 fully saturated rings. The van der Waals surface area contributed by atoms with Gasteiger partial charge in [-0.3, -0.25) is 0 Å². The van der Waals surface area contributed by atoms with E-state index in [4.69, 9.17) is 4.74 Å². The highest BCUT2D eigenvalue weighted by Crippen LogP contribution is 2.36. The second kappa shape index (κ2) is 7.91. The molecule has 0 bridgehead atoms. The molecule has 1 aliphatic carbocycles. The van der Waals surface area contributed by atoms with Gasteiger partial charge in [-0.25, -0.2) is 0 Å². The molecular weight excluding hydrogens is 262 g/mol. The summed E-state index contributed by atoms with van der Waals surface area (Å²) >= 11 is 0. The predicted octanol–water partition coefficient (Wildman–Crippen LogP) is 1.81. The van der Waals surface area contributed by atoms with E-state index in [1.54, 1.807) is 0 Å². The summed E-state index contributed by atoms with van der Waals surface area (Å²) in [6.07, 6.45) is 6.51. The molecule has 0 aromatic rings. The molecule has 0 aromatic carbocycles. The van der Waals surface area contributed by atoms with Gasteiger partial charge in [-0.2, -0.15) is 0 Å². The van der Waals surface area contributed by atoms with Gasteiger partial charge >= 0.3 is 0 Å². The third-order valence-electron chi connectivity index (χ3n) is 5.50. The zero-order valence-electron chi connectivity index (χ0n) is 14.5. The van der Waals surface area contributed by atoms with Crippen LogP contribution in [0, 0.1) is 5.92 Å². The Balaban J connectivity index is 1.86. The zero-order chi connectivity index (χ0) is 15.3. The Kier molecular flexibility index (Phi) is 6.48. The topological polar surface area (TPSA) is 27.7 Å². The lowest BCUT2D eigenvalue weighted by molar-refractivity contribution is 0.0235. The molecule has 1 N–H and O–H groups in total. The highest BCUT2D eigenvalue weighted by molar-refractivity contribution is 4.98. The molecule has 2 atom stereocenters. The van der Waals surface area contributed by atoms with Crippen molar-refractivity contribution in [2.75, 3.05) is 54.0 Å². The van der Waals surface area contributed by atoms with Crippen molar-refractivity contribution in [3.8, 4) is 0 Å². The molecule has 2 rings (SSSR count). The second-order valence-electron chi connectivity index (χ2n) is 7.35. The molecule has 21 heavy (non-hydrogen) atoms. The predicted molar refractivity (Wildman–Crippen MR) is 88.8 cm³/mol. The summed E-state index contributed by atoms with van der Waals surface area (Å²) in [5, 5.41) is 3.76. The largest absolute Gasteiger partial charge is 0.381 e. The molecule has 0 radical (unpaired) electrons. The first kappa shape index (κ1) is 17.2. The van der Waals surface area contributed by atoms with E-state index in [1.807, 2.05) is 0 Å². The smallest absolute Gasteiger partial charge is 0.0510 e. The van der Waals surface area contributed by atoms with Crippen LogP contribution in [0.4, 0.5) is 0 Å². The van der Waals surface area contributed by atoms with E-state index < -0.39 is 0 Å². The number of ether oxygens (including phenoxy) is 1. The first-order valence-corrected chi connectivity index (χ1v) is 8.74. The number of likely N-dealkylation sites (N-methyl/N-ethyl adjacent to an activating group) is 2. The summed E-state index contributed by atoms with van der Waals surface area (Å²) in [5.41, 5.74) is 0.427. The van der Waals surface area contributed by atoms with Crippen LogP contribution in [0.3, 0.4) is 0 Å². The molecule has 1 heterocycles. The third-order valence-corrected chi connectivity index (χ3v) is 5.50. The van der Waals surface area contributed by atoms with E-state index in [0.29, 0.717) is 17.5 Å². The Bertz CT molecular complexity index is 298. The quantitative estimate of drug-likeness (QED) is 0.702. The Morgan fingerprint density at radius 1 is 1.29 bits per heavy atom. The molecule has 1 saturated carbocycles. The van der Waals surface area contributed by atoms with Crippen molar-refractivity contribution in [2.45, 2.75) is 50.6 Å². The fourth-order valence-electron chi connectivity index (χ4n) is 3.81. The van der Waals surface area contributed by atoms with Gasteiger partial charge in [0.2, 0.25) is 0 Å². The summed E-state index contributed by atoms with van der Waals surface area (Å²) in [7, 11) is 6.77. The van der Waals surface area contributed by atoms with Crippen molar-refractivity contribution in [2.24, 2.45) is 5.92 Å². The van der Waals surface area contributed by atoms with Gasteiger partial charge in [-0.15, -0.1) is 0 Å². The van der Waals surface area contributed by atoms with Crippen LogP contribution < -0.4 is 5.32 Å². The monoisotopic (exact) mass is 297 g/mol. The van der Waals surface area contributed by atoms with Gasteiger partial charge in [0, 0.05) is 37.2 Å². The molecule has 0 spiro atoms. The number of nitrogens with zero attached hydrogens (tertiary/aromatic N) is 2. The van der Waals surface area contributed by atoms with Crippen molar-refractivity contribution in [3.63, 3.8) is 0 Å². The van der Waals surface area contributed by atoms with Crippen molar-refractivity contribution >= 4 is 0 Å². The van der Waals surface area contributed by atoms with Crippen LogP contribution in [0.15, 0.2) is 0 Å². The number of rotatable bonds is 9. The molecule has 4 heteroatoms. The van der Waals surface area contributed by atoms with Gasteiger partial charge in [0.1, 0.15) is 0 Å². The SMILES string of the molecule is CCCNC(CN(C)CC1(N(C)C)CCC1)C1CCOC1.